The van der Waals surface area contributed by atoms with Crippen LogP contribution in [0.15, 0.2) is 35.2 Å². The first-order chi connectivity index (χ1) is 27.1. The van der Waals surface area contributed by atoms with Crippen molar-refractivity contribution in [1.29, 1.82) is 0 Å². The van der Waals surface area contributed by atoms with E-state index in [1.165, 1.54) is 19.3 Å². The number of Topliss-reactive ketones (excluding diaryl/α,β-unsaturated/α-hetero) is 1. The van der Waals surface area contributed by atoms with E-state index in [2.05, 4.69) is 24.5 Å². The minimum atomic E-state index is -1.58. The van der Waals surface area contributed by atoms with Crippen LogP contribution in [-0.4, -0.2) is 97.5 Å². The summed E-state index contributed by atoms with van der Waals surface area (Å²) in [6.45, 7) is 8.50. The van der Waals surface area contributed by atoms with E-state index in [0.29, 0.717) is 62.3 Å². The molecule has 2 aliphatic heterocycles. The fourth-order valence-electron chi connectivity index (χ4n) is 14.0. The maximum Gasteiger partial charge on any atom is 0.182 e. The molecular weight excluding hydrogens is 723 g/mol. The van der Waals surface area contributed by atoms with Gasteiger partial charge in [-0.25, -0.2) is 0 Å². The standard InChI is InChI=1S/C46H75N3O8/c1-5-6-7-8-11-30-26-57-41(28(30)3)42(54)43(4,55)36-18-21-46(56)38-32(17-20-45(36,46)31-12-9-10-13-31)44(19-16-29-14-15-37(47)48-25-29)23-35(52)34(51)22-33(44)40(53)39(38)49-24-27(2)50/h14-15,25,27-28,30-37,41-42,48-52,54-56H,5-13,16-24,26,47H2,1-4H3/t27-,28-,30+,32-,33-,34+,35-,36+,37?,41+,42+,43+,44+,45-,46+/m0/s1. The first kappa shape index (κ1) is 43.3. The molecule has 0 aromatic heterocycles. The van der Waals surface area contributed by atoms with Crippen molar-refractivity contribution in [2.24, 2.45) is 52.1 Å². The summed E-state index contributed by atoms with van der Waals surface area (Å²) in [5, 5.41) is 78.9. The summed E-state index contributed by atoms with van der Waals surface area (Å²) >= 11 is 0. The van der Waals surface area contributed by atoms with Crippen LogP contribution in [0.4, 0.5) is 0 Å². The normalized spacial score (nSPS) is 42.8. The molecule has 11 heteroatoms. The Hall–Kier alpha value is -1.83. The maximum atomic E-state index is 15.2. The lowest BCUT2D eigenvalue weighted by Crippen LogP contribution is -2.67. The van der Waals surface area contributed by atoms with Crippen LogP contribution in [0, 0.1) is 46.3 Å². The van der Waals surface area contributed by atoms with Crippen LogP contribution >= 0.6 is 0 Å². The van der Waals surface area contributed by atoms with Gasteiger partial charge in [-0.3, -0.25) is 4.79 Å². The van der Waals surface area contributed by atoms with E-state index in [4.69, 9.17) is 10.5 Å². The van der Waals surface area contributed by atoms with E-state index >= 15 is 4.79 Å². The van der Waals surface area contributed by atoms with Crippen molar-refractivity contribution in [2.75, 3.05) is 13.2 Å². The van der Waals surface area contributed by atoms with Gasteiger partial charge in [-0.15, -0.1) is 0 Å². The lowest BCUT2D eigenvalue weighted by atomic mass is 9.41. The average molecular weight is 798 g/mol. The van der Waals surface area contributed by atoms with Crippen molar-refractivity contribution in [1.82, 2.24) is 10.6 Å². The number of fused-ring (bicyclic) bond motifs is 5. The van der Waals surface area contributed by atoms with Gasteiger partial charge in [0, 0.05) is 24.1 Å². The SMILES string of the molecule is CCCCCC[C@@H]1CO[C@@H]([C@@H](O)[C@](C)(O)[C@H]2CC[C@@]3(O)C4=C(NC[C@H](C)O)C(=O)[C@@H]5C[C@@H](O)[C@@H](O)C[C@]5(CCC5=CNC(N)C=C5)[C@H]4CC[C@]23C2CCCC2)[C@H]1C. The van der Waals surface area contributed by atoms with Gasteiger partial charge in [0.2, 0.25) is 0 Å². The Morgan fingerprint density at radius 3 is 2.51 bits per heavy atom. The molecule has 0 bridgehead atoms. The molecule has 1 unspecified atom stereocenters. The first-order valence-electron chi connectivity index (χ1n) is 22.8. The fraction of sp³-hybridized carbons (Fsp3) is 0.848. The van der Waals surface area contributed by atoms with Crippen LogP contribution in [0.3, 0.4) is 0 Å². The average Bonchev–Trinajstić information content (AvgIpc) is 3.92. The quantitative estimate of drug-likeness (QED) is 0.106. The van der Waals surface area contributed by atoms with Crippen LogP contribution in [0.2, 0.25) is 0 Å². The van der Waals surface area contributed by atoms with Gasteiger partial charge in [0.05, 0.1) is 54.1 Å². The molecule has 5 aliphatic carbocycles. The number of nitrogens with one attached hydrogen (secondary N) is 2. The number of aliphatic hydroxyl groups is 6. The van der Waals surface area contributed by atoms with Gasteiger partial charge in [0.25, 0.3) is 0 Å². The highest BCUT2D eigenvalue weighted by Crippen LogP contribution is 2.73. The zero-order valence-corrected chi connectivity index (χ0v) is 35.2. The molecule has 0 radical (unpaired) electrons. The largest absolute Gasteiger partial charge is 0.392 e. The number of carbonyl (C=O) groups excluding carboxylic acids is 1. The second kappa shape index (κ2) is 16.9. The Morgan fingerprint density at radius 2 is 1.82 bits per heavy atom. The maximum absolute atomic E-state index is 15.2. The molecule has 0 amide bonds. The second-order valence-corrected chi connectivity index (χ2v) is 20.0. The number of ketones is 1. The summed E-state index contributed by atoms with van der Waals surface area (Å²) in [6.07, 6.45) is 14.3. The molecule has 0 aromatic rings. The molecule has 11 nitrogen and oxygen atoms in total. The van der Waals surface area contributed by atoms with Crippen LogP contribution < -0.4 is 16.4 Å². The summed E-state index contributed by atoms with van der Waals surface area (Å²) in [6, 6.07) is 0. The monoisotopic (exact) mass is 798 g/mol. The van der Waals surface area contributed by atoms with Crippen LogP contribution in [0.1, 0.15) is 137 Å². The van der Waals surface area contributed by atoms with Gasteiger partial charge in [-0.1, -0.05) is 58.4 Å². The predicted octanol–water partition coefficient (Wildman–Crippen LogP) is 4.48. The zero-order valence-electron chi connectivity index (χ0n) is 35.2. The number of dihydropyridines is 1. The van der Waals surface area contributed by atoms with Gasteiger partial charge in [0.1, 0.15) is 6.10 Å². The molecule has 7 aliphatic rings. The molecule has 2 heterocycles. The Kier molecular flexibility index (Phi) is 12.8. The van der Waals surface area contributed by atoms with E-state index in [1.807, 2.05) is 18.4 Å². The van der Waals surface area contributed by atoms with Crippen LogP contribution in [0.25, 0.3) is 0 Å². The predicted molar refractivity (Wildman–Crippen MR) is 219 cm³/mol. The van der Waals surface area contributed by atoms with Crippen LogP contribution in [-0.2, 0) is 9.53 Å². The number of carbonyl (C=O) groups is 1. The number of ether oxygens (including phenoxy) is 1. The van der Waals surface area contributed by atoms with E-state index in [1.54, 1.807) is 13.8 Å². The zero-order chi connectivity index (χ0) is 40.9. The lowest BCUT2D eigenvalue weighted by Gasteiger charge is -2.64. The lowest BCUT2D eigenvalue weighted by molar-refractivity contribution is -0.214. The molecule has 57 heavy (non-hydrogen) atoms. The Balaban J connectivity index is 1.30. The number of nitrogens with two attached hydrogens (primary N) is 1. The molecule has 10 N–H and O–H groups in total. The third-order valence-electron chi connectivity index (χ3n) is 16.9. The van der Waals surface area contributed by atoms with Gasteiger partial charge in [0.15, 0.2) is 5.78 Å². The molecule has 5 fully saturated rings. The Morgan fingerprint density at radius 1 is 1.07 bits per heavy atom. The smallest absolute Gasteiger partial charge is 0.182 e. The first-order valence-corrected chi connectivity index (χ1v) is 22.8. The third-order valence-corrected chi connectivity index (χ3v) is 16.9. The Bertz CT molecular complexity index is 1540. The summed E-state index contributed by atoms with van der Waals surface area (Å²) in [4.78, 5) is 15.2. The van der Waals surface area contributed by atoms with Crippen molar-refractivity contribution < 1.29 is 40.2 Å². The van der Waals surface area contributed by atoms with Gasteiger partial charge < -0.3 is 51.7 Å². The molecular formula is C46H75N3O8. The van der Waals surface area contributed by atoms with Crippen molar-refractivity contribution in [3.63, 3.8) is 0 Å². The van der Waals surface area contributed by atoms with Gasteiger partial charge >= 0.3 is 0 Å². The molecule has 0 spiro atoms. The summed E-state index contributed by atoms with van der Waals surface area (Å²) < 4.78 is 6.38. The fourth-order valence-corrected chi connectivity index (χ4v) is 14.0. The number of allylic oxidation sites excluding steroid dienone is 3. The number of rotatable bonds is 15. The van der Waals surface area contributed by atoms with Crippen molar-refractivity contribution in [3.8, 4) is 0 Å². The van der Waals surface area contributed by atoms with Crippen LogP contribution in [0.5, 0.6) is 0 Å². The highest BCUT2D eigenvalue weighted by molar-refractivity contribution is 6.00. The number of hydrogen-bond donors (Lipinski definition) is 9. The summed E-state index contributed by atoms with van der Waals surface area (Å²) in [7, 11) is 0. The second-order valence-electron chi connectivity index (χ2n) is 20.0. The summed E-state index contributed by atoms with van der Waals surface area (Å²) in [5.74, 6) is -1.05. The molecule has 322 valence electrons. The van der Waals surface area contributed by atoms with Gasteiger partial charge in [-0.2, -0.15) is 0 Å². The molecule has 0 aromatic carbocycles. The number of aliphatic hydroxyl groups excluding tert-OH is 4. The molecule has 15 atom stereocenters. The molecule has 4 saturated carbocycles. The highest BCUT2D eigenvalue weighted by Gasteiger charge is 2.74. The minimum Gasteiger partial charge on any atom is -0.392 e. The Labute approximate surface area is 341 Å². The van der Waals surface area contributed by atoms with Crippen molar-refractivity contribution in [3.05, 3.63) is 35.2 Å². The highest BCUT2D eigenvalue weighted by atomic mass is 16.5. The van der Waals surface area contributed by atoms with E-state index < -0.39 is 64.4 Å². The minimum absolute atomic E-state index is 0.0729. The molecule has 7 rings (SSSR count). The molecule has 1 saturated heterocycles. The van der Waals surface area contributed by atoms with Crippen molar-refractivity contribution in [2.45, 2.75) is 185 Å². The van der Waals surface area contributed by atoms with Gasteiger partial charge in [-0.05, 0) is 137 Å². The number of hydrogen-bond acceptors (Lipinski definition) is 11. The van der Waals surface area contributed by atoms with E-state index in [0.717, 1.165) is 44.1 Å². The third kappa shape index (κ3) is 7.40. The van der Waals surface area contributed by atoms with E-state index in [-0.39, 0.29) is 49.1 Å². The van der Waals surface area contributed by atoms with E-state index in [9.17, 15) is 30.6 Å². The summed E-state index contributed by atoms with van der Waals surface area (Å²) in [5.41, 5.74) is 3.47. The van der Waals surface area contributed by atoms with Crippen molar-refractivity contribution >= 4 is 5.78 Å². The number of unbranched alkanes of at least 4 members (excludes halogenated alkanes) is 3. The topological polar surface area (TPSA) is 198 Å².